The topological polar surface area (TPSA) is 17.8 Å². The van der Waals surface area contributed by atoms with Gasteiger partial charge in [0.1, 0.15) is 0 Å². The highest BCUT2D eigenvalue weighted by Gasteiger charge is 2.08. The van der Waals surface area contributed by atoms with Gasteiger partial charge >= 0.3 is 0 Å². The predicted octanol–water partition coefficient (Wildman–Crippen LogP) is 1.47. The molecule has 1 unspecified atom stereocenters. The van der Waals surface area contributed by atoms with Gasteiger partial charge in [-0.15, -0.1) is 6.42 Å². The SMILES string of the molecule is C#CC(C)c1nn(C)cc1C. The van der Waals surface area contributed by atoms with Crippen LogP contribution in [-0.4, -0.2) is 9.78 Å². The second-order valence-corrected chi connectivity index (χ2v) is 2.76. The number of aromatic nitrogens is 2. The van der Waals surface area contributed by atoms with Gasteiger partial charge in [0.15, 0.2) is 0 Å². The summed E-state index contributed by atoms with van der Waals surface area (Å²) in [6.07, 6.45) is 7.26. The molecule has 0 bridgehead atoms. The van der Waals surface area contributed by atoms with Crippen molar-refractivity contribution in [1.82, 2.24) is 9.78 Å². The molecule has 11 heavy (non-hydrogen) atoms. The zero-order valence-electron chi connectivity index (χ0n) is 7.13. The summed E-state index contributed by atoms with van der Waals surface area (Å²) in [5, 5.41) is 4.26. The van der Waals surface area contributed by atoms with E-state index in [2.05, 4.69) is 11.0 Å². The van der Waals surface area contributed by atoms with E-state index in [1.807, 2.05) is 27.1 Å². The molecule has 0 fully saturated rings. The third kappa shape index (κ3) is 1.43. The van der Waals surface area contributed by atoms with Crippen LogP contribution in [-0.2, 0) is 7.05 Å². The summed E-state index contributed by atoms with van der Waals surface area (Å²) in [5.74, 6) is 2.78. The van der Waals surface area contributed by atoms with E-state index in [0.717, 1.165) is 11.3 Å². The minimum Gasteiger partial charge on any atom is -0.275 e. The molecule has 1 rings (SSSR count). The number of rotatable bonds is 1. The average Bonchev–Trinajstić information content (AvgIpc) is 2.28. The highest BCUT2D eigenvalue weighted by atomic mass is 15.2. The van der Waals surface area contributed by atoms with Gasteiger partial charge in [0, 0.05) is 13.2 Å². The summed E-state index contributed by atoms with van der Waals surface area (Å²) in [5.41, 5.74) is 2.17. The van der Waals surface area contributed by atoms with Gasteiger partial charge in [-0.2, -0.15) is 5.10 Å². The molecule has 0 aliphatic carbocycles. The van der Waals surface area contributed by atoms with Crippen molar-refractivity contribution in [3.05, 3.63) is 17.5 Å². The maximum absolute atomic E-state index is 5.28. The molecule has 1 aromatic rings. The maximum atomic E-state index is 5.28. The second-order valence-electron chi connectivity index (χ2n) is 2.76. The predicted molar refractivity (Wildman–Crippen MR) is 45.2 cm³/mol. The summed E-state index contributed by atoms with van der Waals surface area (Å²) in [6, 6.07) is 0. The van der Waals surface area contributed by atoms with E-state index < -0.39 is 0 Å². The summed E-state index contributed by atoms with van der Waals surface area (Å²) >= 11 is 0. The van der Waals surface area contributed by atoms with Gasteiger partial charge in [0.25, 0.3) is 0 Å². The number of terminal acetylenes is 1. The van der Waals surface area contributed by atoms with Crippen molar-refractivity contribution in [3.8, 4) is 12.3 Å². The van der Waals surface area contributed by atoms with Crippen LogP contribution in [0, 0.1) is 19.3 Å². The summed E-state index contributed by atoms with van der Waals surface area (Å²) < 4.78 is 1.79. The highest BCUT2D eigenvalue weighted by molar-refractivity contribution is 5.24. The lowest BCUT2D eigenvalue weighted by atomic mass is 10.1. The molecule has 2 heteroatoms. The highest BCUT2D eigenvalue weighted by Crippen LogP contribution is 2.15. The standard InChI is InChI=1S/C9H12N2/c1-5-7(2)9-8(3)6-11(4)10-9/h1,6-7H,2-4H3. The molecule has 58 valence electrons. The van der Waals surface area contributed by atoms with Crippen LogP contribution < -0.4 is 0 Å². The van der Waals surface area contributed by atoms with E-state index in [4.69, 9.17) is 6.42 Å². The Kier molecular flexibility index (Phi) is 2.00. The fraction of sp³-hybridized carbons (Fsp3) is 0.444. The lowest BCUT2D eigenvalue weighted by Crippen LogP contribution is -1.94. The van der Waals surface area contributed by atoms with Gasteiger partial charge in [-0.25, -0.2) is 0 Å². The van der Waals surface area contributed by atoms with Crippen LogP contribution in [0.5, 0.6) is 0 Å². The van der Waals surface area contributed by atoms with E-state index >= 15 is 0 Å². The second kappa shape index (κ2) is 2.79. The van der Waals surface area contributed by atoms with Gasteiger partial charge in [-0.1, -0.05) is 5.92 Å². The number of aryl methyl sites for hydroxylation is 2. The van der Waals surface area contributed by atoms with Crippen molar-refractivity contribution in [2.45, 2.75) is 19.8 Å². The molecular formula is C9H12N2. The number of hydrogen-bond acceptors (Lipinski definition) is 1. The first-order chi connectivity index (χ1) is 5.15. The van der Waals surface area contributed by atoms with Crippen LogP contribution in [0.2, 0.25) is 0 Å². The van der Waals surface area contributed by atoms with Crippen molar-refractivity contribution in [3.63, 3.8) is 0 Å². The normalized spacial score (nSPS) is 12.5. The van der Waals surface area contributed by atoms with Crippen molar-refractivity contribution >= 4 is 0 Å². The largest absolute Gasteiger partial charge is 0.275 e. The van der Waals surface area contributed by atoms with Crippen LogP contribution in [0.15, 0.2) is 6.20 Å². The minimum atomic E-state index is 0.121. The molecule has 0 amide bonds. The fourth-order valence-electron chi connectivity index (χ4n) is 1.13. The van der Waals surface area contributed by atoms with Crippen LogP contribution in [0.25, 0.3) is 0 Å². The fourth-order valence-corrected chi connectivity index (χ4v) is 1.13. The molecule has 0 radical (unpaired) electrons. The van der Waals surface area contributed by atoms with Gasteiger partial charge in [0.05, 0.1) is 11.6 Å². The molecule has 1 heterocycles. The first-order valence-corrected chi connectivity index (χ1v) is 3.61. The molecule has 0 saturated heterocycles. The molecule has 0 aliphatic rings. The van der Waals surface area contributed by atoms with Gasteiger partial charge in [-0.3, -0.25) is 4.68 Å². The van der Waals surface area contributed by atoms with E-state index in [1.165, 1.54) is 0 Å². The minimum absolute atomic E-state index is 0.121. The Morgan fingerprint density at radius 1 is 1.73 bits per heavy atom. The van der Waals surface area contributed by atoms with E-state index in [-0.39, 0.29) is 5.92 Å². The zero-order valence-corrected chi connectivity index (χ0v) is 7.13. The zero-order chi connectivity index (χ0) is 8.43. The summed E-state index contributed by atoms with van der Waals surface area (Å²) in [6.45, 7) is 4.01. The quantitative estimate of drug-likeness (QED) is 0.551. The van der Waals surface area contributed by atoms with Crippen LogP contribution in [0.1, 0.15) is 24.1 Å². The van der Waals surface area contributed by atoms with Gasteiger partial charge < -0.3 is 0 Å². The molecule has 0 aromatic carbocycles. The molecule has 0 saturated carbocycles. The van der Waals surface area contributed by atoms with Crippen molar-refractivity contribution in [2.24, 2.45) is 7.05 Å². The van der Waals surface area contributed by atoms with Crippen molar-refractivity contribution in [2.75, 3.05) is 0 Å². The van der Waals surface area contributed by atoms with Crippen molar-refractivity contribution in [1.29, 1.82) is 0 Å². The molecule has 0 aliphatic heterocycles. The van der Waals surface area contributed by atoms with Crippen molar-refractivity contribution < 1.29 is 0 Å². The third-order valence-electron chi connectivity index (χ3n) is 1.71. The molecule has 1 atom stereocenters. The van der Waals surface area contributed by atoms with Crippen LogP contribution in [0.3, 0.4) is 0 Å². The Morgan fingerprint density at radius 3 is 2.73 bits per heavy atom. The average molecular weight is 148 g/mol. The van der Waals surface area contributed by atoms with Gasteiger partial charge in [0.2, 0.25) is 0 Å². The number of nitrogens with zero attached hydrogens (tertiary/aromatic N) is 2. The van der Waals surface area contributed by atoms with E-state index in [1.54, 1.807) is 4.68 Å². The van der Waals surface area contributed by atoms with Crippen LogP contribution >= 0.6 is 0 Å². The summed E-state index contributed by atoms with van der Waals surface area (Å²) in [7, 11) is 1.90. The van der Waals surface area contributed by atoms with Crippen LogP contribution in [0.4, 0.5) is 0 Å². The maximum Gasteiger partial charge on any atom is 0.0800 e. The lowest BCUT2D eigenvalue weighted by Gasteiger charge is -1.98. The smallest absolute Gasteiger partial charge is 0.0800 e. The Bertz CT molecular complexity index is 291. The van der Waals surface area contributed by atoms with E-state index in [9.17, 15) is 0 Å². The molecule has 0 spiro atoms. The lowest BCUT2D eigenvalue weighted by molar-refractivity contribution is 0.735. The molecule has 2 nitrogen and oxygen atoms in total. The third-order valence-corrected chi connectivity index (χ3v) is 1.71. The molecule has 1 aromatic heterocycles. The monoisotopic (exact) mass is 148 g/mol. The number of hydrogen-bond donors (Lipinski definition) is 0. The summed E-state index contributed by atoms with van der Waals surface area (Å²) in [4.78, 5) is 0. The Balaban J connectivity index is 3.05. The van der Waals surface area contributed by atoms with E-state index in [0.29, 0.717) is 0 Å². The molecule has 0 N–H and O–H groups in total. The molecular weight excluding hydrogens is 136 g/mol. The Labute approximate surface area is 67.2 Å². The first kappa shape index (κ1) is 7.87. The van der Waals surface area contributed by atoms with Gasteiger partial charge in [-0.05, 0) is 19.4 Å². The Hall–Kier alpha value is -1.23. The first-order valence-electron chi connectivity index (χ1n) is 3.61. The Morgan fingerprint density at radius 2 is 2.36 bits per heavy atom.